The molecule has 0 amide bonds. The molecular formula is C12H16ClN5O. The Bertz CT molecular complexity index is 601. The van der Waals surface area contributed by atoms with Crippen molar-refractivity contribution >= 4 is 17.4 Å². The third-order valence-corrected chi connectivity index (χ3v) is 3.39. The average Bonchev–Trinajstić information content (AvgIpc) is 2.91. The van der Waals surface area contributed by atoms with Crippen molar-refractivity contribution in [1.29, 1.82) is 0 Å². The van der Waals surface area contributed by atoms with Crippen molar-refractivity contribution in [1.82, 2.24) is 19.3 Å². The summed E-state index contributed by atoms with van der Waals surface area (Å²) in [5, 5.41) is 4.72. The van der Waals surface area contributed by atoms with Gasteiger partial charge in [-0.15, -0.1) is 0 Å². The zero-order valence-electron chi connectivity index (χ0n) is 10.9. The fraction of sp³-hybridized carbons (Fsp3) is 0.417. The highest BCUT2D eigenvalue weighted by atomic mass is 35.5. The molecule has 0 fully saturated rings. The highest BCUT2D eigenvalue weighted by molar-refractivity contribution is 6.32. The maximum absolute atomic E-state index is 12.1. The Morgan fingerprint density at radius 1 is 1.53 bits per heavy atom. The molecule has 2 aromatic heterocycles. The Morgan fingerprint density at radius 2 is 2.26 bits per heavy atom. The van der Waals surface area contributed by atoms with Crippen LogP contribution in [0.3, 0.4) is 0 Å². The molecule has 2 N–H and O–H groups in total. The lowest BCUT2D eigenvalue weighted by Crippen LogP contribution is -2.10. The molecule has 2 aromatic rings. The zero-order chi connectivity index (χ0) is 14.0. The third-order valence-electron chi connectivity index (χ3n) is 2.90. The van der Waals surface area contributed by atoms with Crippen molar-refractivity contribution in [2.45, 2.75) is 19.9 Å². The van der Waals surface area contributed by atoms with E-state index in [1.807, 2.05) is 6.92 Å². The molecule has 6 nitrogen and oxygen atoms in total. The second-order valence-corrected chi connectivity index (χ2v) is 4.73. The molecule has 0 radical (unpaired) electrons. The Hall–Kier alpha value is -1.66. The molecule has 102 valence electrons. The van der Waals surface area contributed by atoms with Crippen LogP contribution in [0.1, 0.15) is 21.9 Å². The van der Waals surface area contributed by atoms with Crippen LogP contribution in [0, 0.1) is 6.92 Å². The summed E-state index contributed by atoms with van der Waals surface area (Å²) in [5.41, 5.74) is 7.30. The number of aromatic nitrogens is 4. The number of hydrogen-bond acceptors (Lipinski definition) is 4. The minimum atomic E-state index is -0.0827. The number of aryl methyl sites for hydroxylation is 2. The number of Topliss-reactive ketones (excluding diaryl/α,β-unsaturated/α-hetero) is 1. The van der Waals surface area contributed by atoms with E-state index in [0.29, 0.717) is 29.5 Å². The van der Waals surface area contributed by atoms with Crippen LogP contribution < -0.4 is 5.73 Å². The number of hydrogen-bond donors (Lipinski definition) is 1. The zero-order valence-corrected chi connectivity index (χ0v) is 11.7. The fourth-order valence-electron chi connectivity index (χ4n) is 1.89. The summed E-state index contributed by atoms with van der Waals surface area (Å²) in [7, 11) is 1.77. The van der Waals surface area contributed by atoms with Gasteiger partial charge >= 0.3 is 0 Å². The van der Waals surface area contributed by atoms with Crippen molar-refractivity contribution in [3.63, 3.8) is 0 Å². The van der Waals surface area contributed by atoms with Crippen molar-refractivity contribution in [2.75, 3.05) is 6.54 Å². The first-order valence-electron chi connectivity index (χ1n) is 5.96. The van der Waals surface area contributed by atoms with Crippen LogP contribution in [0.4, 0.5) is 0 Å². The first kappa shape index (κ1) is 13.8. The van der Waals surface area contributed by atoms with Gasteiger partial charge in [-0.2, -0.15) is 5.10 Å². The van der Waals surface area contributed by atoms with Crippen molar-refractivity contribution in [3.8, 4) is 0 Å². The summed E-state index contributed by atoms with van der Waals surface area (Å²) in [6.07, 6.45) is 3.50. The predicted molar refractivity (Wildman–Crippen MR) is 72.3 cm³/mol. The lowest BCUT2D eigenvalue weighted by atomic mass is 10.1. The number of imidazole rings is 1. The third kappa shape index (κ3) is 2.85. The van der Waals surface area contributed by atoms with Gasteiger partial charge in [-0.3, -0.25) is 9.48 Å². The summed E-state index contributed by atoms with van der Waals surface area (Å²) in [6, 6.07) is 0. The summed E-state index contributed by atoms with van der Waals surface area (Å²) < 4.78 is 3.43. The van der Waals surface area contributed by atoms with Gasteiger partial charge in [-0.1, -0.05) is 11.6 Å². The summed E-state index contributed by atoms with van der Waals surface area (Å²) >= 11 is 6.12. The SMILES string of the molecule is Cc1nn(C)c(CC(=O)c2cn(CCN)cn2)c1Cl. The van der Waals surface area contributed by atoms with Crippen molar-refractivity contribution in [2.24, 2.45) is 12.8 Å². The number of carbonyl (C=O) groups excluding carboxylic acids is 1. The van der Waals surface area contributed by atoms with Crippen LogP contribution in [0.2, 0.25) is 5.02 Å². The van der Waals surface area contributed by atoms with Crippen LogP contribution in [-0.2, 0) is 20.0 Å². The molecule has 0 bridgehead atoms. The fourth-order valence-corrected chi connectivity index (χ4v) is 2.12. The van der Waals surface area contributed by atoms with E-state index >= 15 is 0 Å². The monoisotopic (exact) mass is 281 g/mol. The molecule has 2 rings (SSSR count). The average molecular weight is 282 g/mol. The highest BCUT2D eigenvalue weighted by Crippen LogP contribution is 2.20. The highest BCUT2D eigenvalue weighted by Gasteiger charge is 2.17. The number of halogens is 1. The summed E-state index contributed by atoms with van der Waals surface area (Å²) in [5.74, 6) is -0.0827. The predicted octanol–water partition coefficient (Wildman–Crippen LogP) is 0.963. The molecule has 19 heavy (non-hydrogen) atoms. The van der Waals surface area contributed by atoms with E-state index in [9.17, 15) is 4.79 Å². The number of carbonyl (C=O) groups is 1. The molecule has 0 saturated carbocycles. The van der Waals surface area contributed by atoms with Crippen LogP contribution in [0.15, 0.2) is 12.5 Å². The van der Waals surface area contributed by atoms with E-state index in [2.05, 4.69) is 10.1 Å². The number of nitrogens with two attached hydrogens (primary N) is 1. The van der Waals surface area contributed by atoms with Gasteiger partial charge < -0.3 is 10.3 Å². The lowest BCUT2D eigenvalue weighted by Gasteiger charge is -2.00. The first-order valence-corrected chi connectivity index (χ1v) is 6.33. The van der Waals surface area contributed by atoms with Gasteiger partial charge in [0.05, 0.1) is 29.2 Å². The van der Waals surface area contributed by atoms with E-state index in [1.165, 1.54) is 0 Å². The molecule has 0 aliphatic rings. The van der Waals surface area contributed by atoms with Crippen molar-refractivity contribution < 1.29 is 4.79 Å². The Balaban J connectivity index is 2.16. The largest absolute Gasteiger partial charge is 0.335 e. The Morgan fingerprint density at radius 3 is 2.84 bits per heavy atom. The van der Waals surface area contributed by atoms with E-state index in [0.717, 1.165) is 5.69 Å². The van der Waals surface area contributed by atoms with Gasteiger partial charge in [0, 0.05) is 26.3 Å². The molecule has 7 heteroatoms. The Kier molecular flexibility index (Phi) is 4.01. The van der Waals surface area contributed by atoms with Gasteiger partial charge in [0.2, 0.25) is 0 Å². The molecule has 0 unspecified atom stereocenters. The van der Waals surface area contributed by atoms with Crippen molar-refractivity contribution in [3.05, 3.63) is 34.6 Å². The maximum Gasteiger partial charge on any atom is 0.188 e. The van der Waals surface area contributed by atoms with Gasteiger partial charge in [0.15, 0.2) is 5.78 Å². The van der Waals surface area contributed by atoms with Crippen LogP contribution >= 0.6 is 11.6 Å². The molecule has 2 heterocycles. The van der Waals surface area contributed by atoms with Crippen LogP contribution in [0.5, 0.6) is 0 Å². The summed E-state index contributed by atoms with van der Waals surface area (Å²) in [4.78, 5) is 16.2. The second-order valence-electron chi connectivity index (χ2n) is 4.36. The van der Waals surface area contributed by atoms with E-state index < -0.39 is 0 Å². The molecule has 0 atom stereocenters. The number of nitrogens with zero attached hydrogens (tertiary/aromatic N) is 4. The Labute approximate surface area is 116 Å². The van der Waals surface area contributed by atoms with E-state index in [4.69, 9.17) is 17.3 Å². The van der Waals surface area contributed by atoms with E-state index in [-0.39, 0.29) is 12.2 Å². The molecular weight excluding hydrogens is 266 g/mol. The number of ketones is 1. The summed E-state index contributed by atoms with van der Waals surface area (Å²) in [6.45, 7) is 2.97. The first-order chi connectivity index (χ1) is 9.02. The van der Waals surface area contributed by atoms with Gasteiger partial charge in [-0.25, -0.2) is 4.98 Å². The molecule has 0 saturated heterocycles. The molecule has 0 spiro atoms. The van der Waals surface area contributed by atoms with E-state index in [1.54, 1.807) is 28.8 Å². The minimum Gasteiger partial charge on any atom is -0.335 e. The smallest absolute Gasteiger partial charge is 0.188 e. The standard InChI is InChI=1S/C12H16ClN5O/c1-8-12(13)10(17(2)16-8)5-11(19)9-6-18(4-3-14)7-15-9/h6-7H,3-5,14H2,1-2H3. The lowest BCUT2D eigenvalue weighted by molar-refractivity contribution is 0.0986. The van der Waals surface area contributed by atoms with Crippen LogP contribution in [-0.4, -0.2) is 31.7 Å². The molecule has 0 aliphatic heterocycles. The normalized spacial score (nSPS) is 10.9. The number of rotatable bonds is 5. The van der Waals surface area contributed by atoms with Crippen LogP contribution in [0.25, 0.3) is 0 Å². The minimum absolute atomic E-state index is 0.0827. The van der Waals surface area contributed by atoms with Gasteiger partial charge in [-0.05, 0) is 6.92 Å². The van der Waals surface area contributed by atoms with Gasteiger partial charge in [0.25, 0.3) is 0 Å². The van der Waals surface area contributed by atoms with Gasteiger partial charge in [0.1, 0.15) is 5.69 Å². The topological polar surface area (TPSA) is 78.7 Å². The molecule has 0 aromatic carbocycles. The molecule has 0 aliphatic carbocycles. The quantitative estimate of drug-likeness (QED) is 0.828. The maximum atomic E-state index is 12.1. The second kappa shape index (κ2) is 5.54.